The van der Waals surface area contributed by atoms with Gasteiger partial charge in [0, 0.05) is 5.69 Å². The molecule has 2 aromatic rings. The van der Waals surface area contributed by atoms with Crippen LogP contribution in [0.3, 0.4) is 0 Å². The van der Waals surface area contributed by atoms with Crippen molar-refractivity contribution >= 4 is 17.7 Å². The average Bonchev–Trinajstić information content (AvgIpc) is 2.96. The van der Waals surface area contributed by atoms with Crippen molar-refractivity contribution in [2.75, 3.05) is 11.9 Å². The molecule has 3 rings (SSSR count). The Kier molecular flexibility index (Phi) is 4.85. The Bertz CT molecular complexity index is 944. The third-order valence-corrected chi connectivity index (χ3v) is 4.40. The molecule has 1 aliphatic heterocycles. The number of carbonyl (C=O) groups is 2. The number of nitrogens with zero attached hydrogens (tertiary/aromatic N) is 5. The van der Waals surface area contributed by atoms with Crippen LogP contribution in [0, 0.1) is 23.2 Å². The summed E-state index contributed by atoms with van der Waals surface area (Å²) in [4.78, 5) is 36.4. The summed E-state index contributed by atoms with van der Waals surface area (Å²) in [6, 6.07) is 7.26. The average molecular weight is 368 g/mol. The number of hydrogen-bond acceptors (Lipinski definition) is 6. The van der Waals surface area contributed by atoms with E-state index in [2.05, 4.69) is 15.6 Å². The van der Waals surface area contributed by atoms with E-state index in [1.807, 2.05) is 6.07 Å². The monoisotopic (exact) mass is 368 g/mol. The Hall–Kier alpha value is -3.74. The first-order valence-electron chi connectivity index (χ1n) is 8.11. The summed E-state index contributed by atoms with van der Waals surface area (Å²) in [6.07, 6.45) is 0. The van der Waals surface area contributed by atoms with Gasteiger partial charge in [0.05, 0.1) is 42.2 Å². The molecule has 1 aromatic carbocycles. The van der Waals surface area contributed by atoms with Crippen molar-refractivity contribution in [3.8, 4) is 6.07 Å². The number of carboxylic acids is 1. The Morgan fingerprint density at radius 2 is 2.11 bits per heavy atom. The van der Waals surface area contributed by atoms with E-state index in [1.165, 1.54) is 9.58 Å². The second-order valence-corrected chi connectivity index (χ2v) is 6.11. The number of carbonyl (C=O) groups excluding carboxylic acids is 1. The van der Waals surface area contributed by atoms with Crippen molar-refractivity contribution in [3.05, 3.63) is 51.7 Å². The number of urea groups is 1. The van der Waals surface area contributed by atoms with Gasteiger partial charge in [0.25, 0.3) is 0 Å². The molecule has 1 atom stereocenters. The number of aromatic nitrogens is 2. The molecular weight excluding hydrogens is 352 g/mol. The number of anilines is 1. The van der Waals surface area contributed by atoms with Crippen LogP contribution in [0.1, 0.15) is 27.3 Å². The SMILES string of the molecule is Cc1nn2c(c1C(=O)O)CN(C(=O)Nc1ccc(C#N)cc1)C(CN=O)C2. The molecule has 10 heteroatoms. The molecule has 0 radical (unpaired) electrons. The first-order chi connectivity index (χ1) is 12.9. The maximum absolute atomic E-state index is 12.7. The van der Waals surface area contributed by atoms with Gasteiger partial charge < -0.3 is 15.3 Å². The molecule has 0 fully saturated rings. The highest BCUT2D eigenvalue weighted by molar-refractivity contribution is 5.92. The number of nitriles is 1. The van der Waals surface area contributed by atoms with Crippen molar-refractivity contribution in [3.63, 3.8) is 0 Å². The highest BCUT2D eigenvalue weighted by atomic mass is 16.4. The zero-order chi connectivity index (χ0) is 19.6. The lowest BCUT2D eigenvalue weighted by Gasteiger charge is -2.35. The second kappa shape index (κ2) is 7.25. The van der Waals surface area contributed by atoms with Gasteiger partial charge in [-0.25, -0.2) is 9.59 Å². The Morgan fingerprint density at radius 1 is 1.41 bits per heavy atom. The number of benzene rings is 1. The maximum Gasteiger partial charge on any atom is 0.339 e. The largest absolute Gasteiger partial charge is 0.478 e. The summed E-state index contributed by atoms with van der Waals surface area (Å²) in [6.45, 7) is 1.62. The maximum atomic E-state index is 12.7. The van der Waals surface area contributed by atoms with Gasteiger partial charge in [0.1, 0.15) is 12.1 Å². The molecule has 1 aliphatic rings. The number of aryl methyl sites for hydroxylation is 1. The van der Waals surface area contributed by atoms with Crippen LogP contribution in [0.5, 0.6) is 0 Å². The molecule has 2 heterocycles. The molecule has 2 amide bonds. The molecule has 0 bridgehead atoms. The van der Waals surface area contributed by atoms with Crippen molar-refractivity contribution < 1.29 is 14.7 Å². The summed E-state index contributed by atoms with van der Waals surface area (Å²) >= 11 is 0. The lowest BCUT2D eigenvalue weighted by molar-refractivity contribution is 0.0691. The minimum absolute atomic E-state index is 0.00915. The van der Waals surface area contributed by atoms with Gasteiger partial charge in [-0.2, -0.15) is 15.3 Å². The topological polar surface area (TPSA) is 141 Å². The summed E-state index contributed by atoms with van der Waals surface area (Å²) in [7, 11) is 0. The van der Waals surface area contributed by atoms with Crippen molar-refractivity contribution in [2.45, 2.75) is 26.1 Å². The number of nitrogens with one attached hydrogen (secondary N) is 1. The molecule has 1 unspecified atom stereocenters. The van der Waals surface area contributed by atoms with E-state index in [9.17, 15) is 19.6 Å². The Morgan fingerprint density at radius 3 is 2.70 bits per heavy atom. The number of carboxylic acid groups (broad SMARTS) is 1. The first-order valence-corrected chi connectivity index (χ1v) is 8.11. The van der Waals surface area contributed by atoms with E-state index in [1.54, 1.807) is 31.2 Å². The zero-order valence-corrected chi connectivity index (χ0v) is 14.4. The molecule has 138 valence electrons. The van der Waals surface area contributed by atoms with Gasteiger partial charge in [-0.15, -0.1) is 0 Å². The van der Waals surface area contributed by atoms with Gasteiger partial charge >= 0.3 is 12.0 Å². The minimum Gasteiger partial charge on any atom is -0.478 e. The smallest absolute Gasteiger partial charge is 0.339 e. The quantitative estimate of drug-likeness (QED) is 0.790. The fourth-order valence-electron chi connectivity index (χ4n) is 3.11. The zero-order valence-electron chi connectivity index (χ0n) is 14.4. The lowest BCUT2D eigenvalue weighted by Crippen LogP contribution is -2.50. The molecule has 1 aromatic heterocycles. The molecule has 10 nitrogen and oxygen atoms in total. The van der Waals surface area contributed by atoms with Crippen LogP contribution in [0.4, 0.5) is 10.5 Å². The summed E-state index contributed by atoms with van der Waals surface area (Å²) in [5, 5.41) is 28.0. The van der Waals surface area contributed by atoms with Crippen LogP contribution < -0.4 is 5.32 Å². The molecule has 0 saturated heterocycles. The van der Waals surface area contributed by atoms with Crippen molar-refractivity contribution in [1.82, 2.24) is 14.7 Å². The fraction of sp³-hybridized carbons (Fsp3) is 0.294. The third-order valence-electron chi connectivity index (χ3n) is 4.40. The first kappa shape index (κ1) is 18.1. The van der Waals surface area contributed by atoms with Crippen LogP contribution >= 0.6 is 0 Å². The molecule has 27 heavy (non-hydrogen) atoms. The number of amides is 2. The number of fused-ring (bicyclic) bond motifs is 1. The van der Waals surface area contributed by atoms with E-state index in [4.69, 9.17) is 5.26 Å². The highest BCUT2D eigenvalue weighted by Gasteiger charge is 2.34. The van der Waals surface area contributed by atoms with E-state index < -0.39 is 18.0 Å². The second-order valence-electron chi connectivity index (χ2n) is 6.11. The fourth-order valence-corrected chi connectivity index (χ4v) is 3.11. The predicted octanol–water partition coefficient (Wildman–Crippen LogP) is 1.94. The summed E-state index contributed by atoms with van der Waals surface area (Å²) in [5.74, 6) is -1.12. The number of rotatable bonds is 4. The number of aromatic carboxylic acids is 1. The van der Waals surface area contributed by atoms with Crippen molar-refractivity contribution in [2.24, 2.45) is 5.18 Å². The third kappa shape index (κ3) is 3.48. The van der Waals surface area contributed by atoms with Crippen molar-refractivity contribution in [1.29, 1.82) is 5.26 Å². The Labute approximate surface area is 154 Å². The standard InChI is InChI=1S/C17H16N6O4/c1-10-15(16(24)25)14-9-22(13(7-19-27)8-23(14)21-10)17(26)20-12-4-2-11(6-18)3-5-12/h2-5,13H,7-9H2,1H3,(H,20,26)(H,24,25). The minimum atomic E-state index is -1.12. The van der Waals surface area contributed by atoms with Crippen LogP contribution in [0.15, 0.2) is 29.4 Å². The van der Waals surface area contributed by atoms with Crippen LogP contribution in [-0.4, -0.2) is 44.4 Å². The molecule has 0 spiro atoms. The van der Waals surface area contributed by atoms with E-state index >= 15 is 0 Å². The molecule has 0 saturated carbocycles. The van der Waals surface area contributed by atoms with Gasteiger partial charge in [0.2, 0.25) is 0 Å². The number of nitroso groups, excluding NO2 is 1. The Balaban J connectivity index is 1.87. The van der Waals surface area contributed by atoms with Crippen LogP contribution in [0.2, 0.25) is 0 Å². The van der Waals surface area contributed by atoms with Crippen LogP contribution in [0.25, 0.3) is 0 Å². The van der Waals surface area contributed by atoms with Gasteiger partial charge in [-0.1, -0.05) is 5.18 Å². The van der Waals surface area contributed by atoms with E-state index in [0.717, 1.165) is 0 Å². The van der Waals surface area contributed by atoms with Gasteiger partial charge in [-0.3, -0.25) is 4.68 Å². The van der Waals surface area contributed by atoms with Gasteiger partial charge in [0.15, 0.2) is 0 Å². The summed E-state index contributed by atoms with van der Waals surface area (Å²) in [5.41, 5.74) is 1.75. The van der Waals surface area contributed by atoms with Gasteiger partial charge in [-0.05, 0) is 31.2 Å². The van der Waals surface area contributed by atoms with E-state index in [-0.39, 0.29) is 25.2 Å². The molecule has 2 N–H and O–H groups in total. The van der Waals surface area contributed by atoms with Crippen LogP contribution in [-0.2, 0) is 13.1 Å². The van der Waals surface area contributed by atoms with E-state index in [0.29, 0.717) is 22.6 Å². The predicted molar refractivity (Wildman–Crippen MR) is 94.1 cm³/mol. The molecule has 0 aliphatic carbocycles. The lowest BCUT2D eigenvalue weighted by atomic mass is 10.1. The summed E-state index contributed by atoms with van der Waals surface area (Å²) < 4.78 is 1.51. The molecular formula is C17H16N6O4. The number of hydrogen-bond donors (Lipinski definition) is 2. The highest BCUT2D eigenvalue weighted by Crippen LogP contribution is 2.24. The normalized spacial score (nSPS) is 15.6.